The van der Waals surface area contributed by atoms with E-state index < -0.39 is 0 Å². The molecule has 0 fully saturated rings. The van der Waals surface area contributed by atoms with Crippen LogP contribution < -0.4 is 0 Å². The van der Waals surface area contributed by atoms with E-state index in [9.17, 15) is 9.59 Å². The molecule has 2 heterocycles. The second-order valence-electron chi connectivity index (χ2n) is 9.06. The number of hydrogen-bond acceptors (Lipinski definition) is 5. The minimum absolute atomic E-state index is 0.0721. The Morgan fingerprint density at radius 1 is 0.943 bits per heavy atom. The summed E-state index contributed by atoms with van der Waals surface area (Å²) in [7, 11) is 0. The second kappa shape index (κ2) is 8.87. The highest BCUT2D eigenvalue weighted by Crippen LogP contribution is 2.44. The van der Waals surface area contributed by atoms with E-state index >= 15 is 0 Å². The average Bonchev–Trinajstić information content (AvgIpc) is 3.32. The summed E-state index contributed by atoms with van der Waals surface area (Å²) in [6, 6.07) is 22.6. The van der Waals surface area contributed by atoms with Gasteiger partial charge in [-0.2, -0.15) is 5.10 Å². The molecule has 1 aliphatic heterocycles. The van der Waals surface area contributed by atoms with Crippen LogP contribution in [0, 0.1) is 5.92 Å². The van der Waals surface area contributed by atoms with Crippen molar-refractivity contribution >= 4 is 28.9 Å². The van der Waals surface area contributed by atoms with E-state index in [0.29, 0.717) is 0 Å². The van der Waals surface area contributed by atoms with E-state index in [-0.39, 0.29) is 30.7 Å². The van der Waals surface area contributed by atoms with E-state index in [1.807, 2.05) is 36.4 Å². The Kier molecular flexibility index (Phi) is 5.41. The quantitative estimate of drug-likeness (QED) is 0.387. The van der Waals surface area contributed by atoms with E-state index in [2.05, 4.69) is 40.3 Å². The number of hydrogen-bond donors (Lipinski definition) is 0. The number of aldehydes is 1. The van der Waals surface area contributed by atoms with Gasteiger partial charge in [-0.15, -0.1) is 0 Å². The minimum Gasteiger partial charge on any atom is -0.303 e. The fraction of sp³-hybridized carbons (Fsp3) is 0.207. The highest BCUT2D eigenvalue weighted by atomic mass is 16.2. The molecule has 0 radical (unpaired) electrons. The van der Waals surface area contributed by atoms with Crippen LogP contribution in [0.4, 0.5) is 0 Å². The van der Waals surface area contributed by atoms with E-state index in [0.717, 1.165) is 58.1 Å². The van der Waals surface area contributed by atoms with Crippen LogP contribution in [0.5, 0.6) is 0 Å². The molecule has 2 atom stereocenters. The Labute approximate surface area is 203 Å². The fourth-order valence-corrected chi connectivity index (χ4v) is 5.32. The van der Waals surface area contributed by atoms with Crippen molar-refractivity contribution in [2.24, 2.45) is 11.0 Å². The number of carbonyl (C=O) groups is 2. The molecule has 6 heteroatoms. The van der Waals surface area contributed by atoms with Crippen LogP contribution >= 0.6 is 0 Å². The highest BCUT2D eigenvalue weighted by molar-refractivity contribution is 6.07. The summed E-state index contributed by atoms with van der Waals surface area (Å²) in [4.78, 5) is 33.1. The van der Waals surface area contributed by atoms with Crippen LogP contribution in [0.2, 0.25) is 0 Å². The van der Waals surface area contributed by atoms with E-state index in [1.54, 1.807) is 17.4 Å². The number of benzene rings is 3. The summed E-state index contributed by atoms with van der Waals surface area (Å²) in [5.74, 6) is -0.0631. The number of rotatable bonds is 5. The van der Waals surface area contributed by atoms with Gasteiger partial charge in [-0.25, -0.2) is 5.01 Å². The van der Waals surface area contributed by atoms with Gasteiger partial charge in [-0.3, -0.25) is 14.8 Å². The van der Waals surface area contributed by atoms with Crippen LogP contribution in [-0.4, -0.2) is 32.9 Å². The van der Waals surface area contributed by atoms with E-state index in [4.69, 9.17) is 5.10 Å². The second-order valence-corrected chi connectivity index (χ2v) is 9.06. The first-order valence-electron chi connectivity index (χ1n) is 12.0. The first-order chi connectivity index (χ1) is 17.2. The smallest absolute Gasteiger partial charge is 0.243 e. The molecule has 35 heavy (non-hydrogen) atoms. The van der Waals surface area contributed by atoms with Gasteiger partial charge in [-0.1, -0.05) is 48.5 Å². The maximum Gasteiger partial charge on any atom is 0.243 e. The maximum atomic E-state index is 13.2. The minimum atomic E-state index is -0.232. The molecule has 4 aromatic rings. The van der Waals surface area contributed by atoms with Gasteiger partial charge >= 0.3 is 0 Å². The zero-order chi connectivity index (χ0) is 23.8. The first kappa shape index (κ1) is 21.4. The van der Waals surface area contributed by atoms with Crippen molar-refractivity contribution in [1.29, 1.82) is 0 Å². The molecule has 0 spiro atoms. The van der Waals surface area contributed by atoms with Crippen molar-refractivity contribution in [2.75, 3.05) is 0 Å². The molecular weight excluding hydrogens is 436 g/mol. The summed E-state index contributed by atoms with van der Waals surface area (Å²) in [5, 5.41) is 6.54. The summed E-state index contributed by atoms with van der Waals surface area (Å²) >= 11 is 0. The lowest BCUT2D eigenvalue weighted by molar-refractivity contribution is -0.134. The van der Waals surface area contributed by atoms with Gasteiger partial charge in [0.1, 0.15) is 6.29 Å². The van der Waals surface area contributed by atoms with Crippen LogP contribution in [0.25, 0.3) is 22.2 Å². The summed E-state index contributed by atoms with van der Waals surface area (Å²) < 4.78 is 0. The summed E-state index contributed by atoms with van der Waals surface area (Å²) in [5.41, 5.74) is 8.20. The standard InChI is InChI=1S/C29H24N4O2/c34-16-4-7-27(35)33-29(22-11-13-25-26(18-22)31-15-14-30-25)23-12-10-20-8-9-21(17-24(20)28(23)32-33)19-5-2-1-3-6-19/h1-3,5-6,8-9,11,13-18,23,29H,4,7,10,12H2. The molecule has 172 valence electrons. The SMILES string of the molecule is O=CCCC(=O)N1N=C2c3cc(-c4ccccc4)ccc3CCC2C1c1ccc2nccnc2c1. The Hall–Kier alpha value is -4.19. The van der Waals surface area contributed by atoms with Crippen molar-refractivity contribution in [3.05, 3.63) is 95.8 Å². The number of aryl methyl sites for hydroxylation is 1. The molecule has 6 nitrogen and oxygen atoms in total. The highest BCUT2D eigenvalue weighted by Gasteiger charge is 2.43. The van der Waals surface area contributed by atoms with Gasteiger partial charge in [0.2, 0.25) is 5.91 Å². The van der Waals surface area contributed by atoms with Gasteiger partial charge in [0.05, 0.1) is 22.8 Å². The lowest BCUT2D eigenvalue weighted by atomic mass is 9.76. The van der Waals surface area contributed by atoms with Crippen molar-refractivity contribution < 1.29 is 9.59 Å². The molecule has 0 bridgehead atoms. The van der Waals surface area contributed by atoms with E-state index in [1.165, 1.54) is 5.56 Å². The normalized spacial score (nSPS) is 18.6. The van der Waals surface area contributed by atoms with Gasteiger partial charge in [0.15, 0.2) is 0 Å². The van der Waals surface area contributed by atoms with Crippen LogP contribution in [-0.2, 0) is 16.0 Å². The molecular formula is C29H24N4O2. The van der Waals surface area contributed by atoms with Gasteiger partial charge in [-0.05, 0) is 53.3 Å². The van der Waals surface area contributed by atoms with Crippen LogP contribution in [0.3, 0.4) is 0 Å². The molecule has 3 aromatic carbocycles. The largest absolute Gasteiger partial charge is 0.303 e. The Morgan fingerprint density at radius 3 is 2.60 bits per heavy atom. The monoisotopic (exact) mass is 460 g/mol. The van der Waals surface area contributed by atoms with Crippen molar-refractivity contribution in [2.45, 2.75) is 31.7 Å². The molecule has 1 aliphatic carbocycles. The van der Waals surface area contributed by atoms with Gasteiger partial charge in [0.25, 0.3) is 0 Å². The molecule has 0 saturated carbocycles. The molecule has 1 amide bonds. The number of amides is 1. The fourth-order valence-electron chi connectivity index (χ4n) is 5.32. The number of fused-ring (bicyclic) bond motifs is 4. The van der Waals surface area contributed by atoms with Crippen LogP contribution in [0.15, 0.2) is 84.2 Å². The third kappa shape index (κ3) is 3.81. The van der Waals surface area contributed by atoms with Crippen molar-refractivity contribution in [3.63, 3.8) is 0 Å². The molecule has 2 unspecified atom stereocenters. The number of nitrogens with zero attached hydrogens (tertiary/aromatic N) is 4. The number of hydrazone groups is 1. The lowest BCUT2D eigenvalue weighted by Gasteiger charge is -2.30. The average molecular weight is 461 g/mol. The zero-order valence-corrected chi connectivity index (χ0v) is 19.2. The summed E-state index contributed by atoms with van der Waals surface area (Å²) in [6.45, 7) is 0. The number of aromatic nitrogens is 2. The zero-order valence-electron chi connectivity index (χ0n) is 19.2. The van der Waals surface area contributed by atoms with Crippen molar-refractivity contribution in [3.8, 4) is 11.1 Å². The Bertz CT molecular complexity index is 1460. The Balaban J connectivity index is 1.45. The molecule has 1 aromatic heterocycles. The van der Waals surface area contributed by atoms with Crippen LogP contribution in [0.1, 0.15) is 42.0 Å². The summed E-state index contributed by atoms with van der Waals surface area (Å²) in [6.07, 6.45) is 6.30. The molecule has 2 aliphatic rings. The predicted octanol–water partition coefficient (Wildman–Crippen LogP) is 5.13. The topological polar surface area (TPSA) is 75.5 Å². The Morgan fingerprint density at radius 2 is 1.77 bits per heavy atom. The van der Waals surface area contributed by atoms with Gasteiger partial charge < -0.3 is 4.79 Å². The predicted molar refractivity (Wildman–Crippen MR) is 135 cm³/mol. The lowest BCUT2D eigenvalue weighted by Crippen LogP contribution is -2.32. The molecule has 0 saturated heterocycles. The third-order valence-corrected chi connectivity index (χ3v) is 7.00. The molecule has 6 rings (SSSR count). The van der Waals surface area contributed by atoms with Crippen molar-refractivity contribution in [1.82, 2.24) is 15.0 Å². The molecule has 0 N–H and O–H groups in total. The number of carbonyl (C=O) groups excluding carboxylic acids is 2. The third-order valence-electron chi connectivity index (χ3n) is 7.00. The maximum absolute atomic E-state index is 13.2. The first-order valence-corrected chi connectivity index (χ1v) is 12.0. The van der Waals surface area contributed by atoms with Gasteiger partial charge in [0, 0.05) is 36.7 Å².